The van der Waals surface area contributed by atoms with Gasteiger partial charge < -0.3 is 9.63 Å². The molecule has 0 spiro atoms. The Morgan fingerprint density at radius 2 is 1.88 bits per heavy atom. The van der Waals surface area contributed by atoms with E-state index in [-0.39, 0.29) is 30.1 Å². The highest BCUT2D eigenvalue weighted by Gasteiger charge is 2.55. The molecule has 1 aromatic carbocycles. The van der Waals surface area contributed by atoms with E-state index in [1.807, 2.05) is 31.4 Å². The van der Waals surface area contributed by atoms with E-state index in [2.05, 4.69) is 30.9 Å². The van der Waals surface area contributed by atoms with Crippen molar-refractivity contribution in [2.45, 2.75) is 58.4 Å². The second-order valence-electron chi connectivity index (χ2n) is 10.1. The van der Waals surface area contributed by atoms with Gasteiger partial charge in [0.15, 0.2) is 5.76 Å². The quantitative estimate of drug-likeness (QED) is 0.486. The largest absolute Gasteiger partial charge is 0.479 e. The number of aliphatic carboxylic acids is 1. The van der Waals surface area contributed by atoms with Gasteiger partial charge in [0, 0.05) is 35.2 Å². The van der Waals surface area contributed by atoms with E-state index < -0.39 is 11.5 Å². The van der Waals surface area contributed by atoms with Crippen molar-refractivity contribution in [1.82, 2.24) is 15.0 Å². The van der Waals surface area contributed by atoms with E-state index in [0.29, 0.717) is 27.6 Å². The van der Waals surface area contributed by atoms with Crippen molar-refractivity contribution >= 4 is 34.5 Å². The third-order valence-electron chi connectivity index (χ3n) is 6.12. The monoisotopic (exact) mass is 479 g/mol. The topological polar surface area (TPSA) is 96.5 Å². The lowest BCUT2D eigenvalue weighted by atomic mass is 9.83. The third-order valence-corrected chi connectivity index (χ3v) is 6.90. The average Bonchev–Trinajstić information content (AvgIpc) is 3.52. The first-order valence-corrected chi connectivity index (χ1v) is 12.1. The van der Waals surface area contributed by atoms with Crippen LogP contribution in [0, 0.1) is 5.92 Å². The normalized spacial score (nSPS) is 18.7. The predicted octanol–water partition coefficient (Wildman–Crippen LogP) is 5.71. The molecule has 0 radical (unpaired) electrons. The van der Waals surface area contributed by atoms with Gasteiger partial charge in [-0.3, -0.25) is 9.69 Å². The van der Waals surface area contributed by atoms with Crippen molar-refractivity contribution in [1.29, 1.82) is 0 Å². The standard InChI is InChI=1S/C26H29N3O4S/c1-16(2)14-26(24(31)32)15-19(20-10-11-28-33-20)21(22-27-12-13-34-22)29(26)23(30)17-6-8-18(9-7-17)25(3,4)5/h6-13,16H,14-15H2,1-5H3,(H,31,32)/t26-/m0/s1. The van der Waals surface area contributed by atoms with Crippen molar-refractivity contribution in [3.8, 4) is 0 Å². The van der Waals surface area contributed by atoms with Crippen molar-refractivity contribution < 1.29 is 19.2 Å². The maximum atomic E-state index is 14.1. The van der Waals surface area contributed by atoms with E-state index >= 15 is 0 Å². The first kappa shape index (κ1) is 23.9. The molecule has 0 saturated heterocycles. The summed E-state index contributed by atoms with van der Waals surface area (Å²) in [6.45, 7) is 10.2. The minimum atomic E-state index is -1.48. The number of carboxylic acids is 1. The molecule has 1 N–H and O–H groups in total. The van der Waals surface area contributed by atoms with Crippen molar-refractivity contribution in [2.24, 2.45) is 5.92 Å². The molecule has 0 aliphatic carbocycles. The first-order valence-electron chi connectivity index (χ1n) is 11.3. The fraction of sp³-hybridized carbons (Fsp3) is 0.385. The van der Waals surface area contributed by atoms with Gasteiger partial charge in [-0.25, -0.2) is 9.78 Å². The number of carbonyl (C=O) groups is 2. The molecule has 4 rings (SSSR count). The lowest BCUT2D eigenvalue weighted by Crippen LogP contribution is -2.54. The predicted molar refractivity (Wildman–Crippen MR) is 131 cm³/mol. The molecule has 0 saturated carbocycles. The Morgan fingerprint density at radius 1 is 1.18 bits per heavy atom. The summed E-state index contributed by atoms with van der Waals surface area (Å²) in [5.74, 6) is -0.952. The molecule has 8 heteroatoms. The van der Waals surface area contributed by atoms with Gasteiger partial charge in [-0.05, 0) is 35.4 Å². The fourth-order valence-electron chi connectivity index (χ4n) is 4.58. The lowest BCUT2D eigenvalue weighted by molar-refractivity contribution is -0.148. The van der Waals surface area contributed by atoms with E-state index in [1.54, 1.807) is 24.4 Å². The van der Waals surface area contributed by atoms with Crippen LogP contribution in [0.2, 0.25) is 0 Å². The molecule has 1 atom stereocenters. The number of rotatable bonds is 6. The van der Waals surface area contributed by atoms with Crippen LogP contribution < -0.4 is 0 Å². The Labute approximate surface area is 203 Å². The van der Waals surface area contributed by atoms with Crippen molar-refractivity contribution in [3.63, 3.8) is 0 Å². The summed E-state index contributed by atoms with van der Waals surface area (Å²) < 4.78 is 5.45. The van der Waals surface area contributed by atoms with Crippen LogP contribution >= 0.6 is 11.3 Å². The number of carboxylic acid groups (broad SMARTS) is 1. The van der Waals surface area contributed by atoms with Crippen LogP contribution in [0.4, 0.5) is 0 Å². The molecule has 3 aromatic rings. The molecule has 1 aliphatic heterocycles. The Balaban J connectivity index is 1.92. The Bertz CT molecular complexity index is 1210. The van der Waals surface area contributed by atoms with E-state index in [9.17, 15) is 14.7 Å². The minimum Gasteiger partial charge on any atom is -0.479 e. The number of thiazole rings is 1. The molecule has 178 valence electrons. The molecule has 0 unspecified atom stereocenters. The van der Waals surface area contributed by atoms with Gasteiger partial charge in [0.1, 0.15) is 10.5 Å². The molecule has 7 nitrogen and oxygen atoms in total. The summed E-state index contributed by atoms with van der Waals surface area (Å²) in [5, 5.41) is 16.8. The Hall–Kier alpha value is -3.26. The highest BCUT2D eigenvalue weighted by Crippen LogP contribution is 2.50. The zero-order valence-electron chi connectivity index (χ0n) is 20.0. The molecule has 2 aromatic heterocycles. The molecule has 3 heterocycles. The highest BCUT2D eigenvalue weighted by atomic mass is 32.1. The highest BCUT2D eigenvalue weighted by molar-refractivity contribution is 7.10. The second kappa shape index (κ2) is 8.83. The number of benzene rings is 1. The fourth-order valence-corrected chi connectivity index (χ4v) is 5.28. The summed E-state index contributed by atoms with van der Waals surface area (Å²) >= 11 is 1.36. The van der Waals surface area contributed by atoms with Crippen LogP contribution in [0.15, 0.2) is 52.6 Å². The number of hydrogen-bond acceptors (Lipinski definition) is 6. The smallest absolute Gasteiger partial charge is 0.330 e. The van der Waals surface area contributed by atoms with Gasteiger partial charge in [-0.1, -0.05) is 51.9 Å². The molecule has 34 heavy (non-hydrogen) atoms. The van der Waals surface area contributed by atoms with Crippen LogP contribution in [0.3, 0.4) is 0 Å². The number of nitrogens with zero attached hydrogens (tertiary/aromatic N) is 3. The maximum Gasteiger partial charge on any atom is 0.330 e. The zero-order valence-corrected chi connectivity index (χ0v) is 20.8. The van der Waals surface area contributed by atoms with E-state index in [4.69, 9.17) is 4.52 Å². The zero-order chi connectivity index (χ0) is 24.7. The van der Waals surface area contributed by atoms with Crippen LogP contribution in [-0.4, -0.2) is 37.6 Å². The maximum absolute atomic E-state index is 14.1. The Kier molecular flexibility index (Phi) is 6.20. The van der Waals surface area contributed by atoms with Gasteiger partial charge in [-0.15, -0.1) is 11.3 Å². The molecule has 1 aliphatic rings. The molecule has 0 fully saturated rings. The number of amides is 1. The molecular weight excluding hydrogens is 450 g/mol. The average molecular weight is 480 g/mol. The van der Waals surface area contributed by atoms with Crippen LogP contribution in [0.1, 0.15) is 74.1 Å². The lowest BCUT2D eigenvalue weighted by Gasteiger charge is -2.37. The van der Waals surface area contributed by atoms with Gasteiger partial charge in [0.2, 0.25) is 0 Å². The number of aromatic nitrogens is 2. The van der Waals surface area contributed by atoms with Crippen LogP contribution in [0.25, 0.3) is 11.3 Å². The van der Waals surface area contributed by atoms with Crippen molar-refractivity contribution in [2.75, 3.05) is 0 Å². The number of carbonyl (C=O) groups excluding carboxylic acids is 1. The van der Waals surface area contributed by atoms with E-state index in [0.717, 1.165) is 5.56 Å². The van der Waals surface area contributed by atoms with Gasteiger partial charge in [0.05, 0.1) is 11.9 Å². The van der Waals surface area contributed by atoms with Crippen LogP contribution in [-0.2, 0) is 10.2 Å². The second-order valence-corrected chi connectivity index (χ2v) is 11.0. The Morgan fingerprint density at radius 3 is 2.38 bits per heavy atom. The van der Waals surface area contributed by atoms with Gasteiger partial charge >= 0.3 is 5.97 Å². The molecular formula is C26H29N3O4S. The summed E-state index contributed by atoms with van der Waals surface area (Å²) in [4.78, 5) is 32.9. The minimum absolute atomic E-state index is 0.0290. The van der Waals surface area contributed by atoms with Crippen LogP contribution in [0.5, 0.6) is 0 Å². The first-order chi connectivity index (χ1) is 16.0. The SMILES string of the molecule is CC(C)C[C@@]1(C(=O)O)CC(c2ccno2)=C(c2nccs2)N1C(=O)c1ccc(C(C)(C)C)cc1. The summed E-state index contributed by atoms with van der Waals surface area (Å²) in [5.41, 5.74) is 1.07. The van der Waals surface area contributed by atoms with Gasteiger partial charge in [-0.2, -0.15) is 0 Å². The summed E-state index contributed by atoms with van der Waals surface area (Å²) in [6.07, 6.45) is 3.55. The summed E-state index contributed by atoms with van der Waals surface area (Å²) in [7, 11) is 0. The molecule has 1 amide bonds. The third kappa shape index (κ3) is 4.18. The molecule has 0 bridgehead atoms. The van der Waals surface area contributed by atoms with Gasteiger partial charge in [0.25, 0.3) is 5.91 Å². The van der Waals surface area contributed by atoms with E-state index in [1.165, 1.54) is 22.4 Å². The van der Waals surface area contributed by atoms with Crippen molar-refractivity contribution in [3.05, 3.63) is 70.0 Å². The number of hydrogen-bond donors (Lipinski definition) is 1. The summed E-state index contributed by atoms with van der Waals surface area (Å²) in [6, 6.07) is 9.10.